The summed E-state index contributed by atoms with van der Waals surface area (Å²) in [6.45, 7) is 0.505. The number of hydrogen-bond acceptors (Lipinski definition) is 1. The Morgan fingerprint density at radius 3 is 2.00 bits per heavy atom. The summed E-state index contributed by atoms with van der Waals surface area (Å²) < 4.78 is 0. The maximum atomic E-state index is 10.4. The first kappa shape index (κ1) is 10.8. The van der Waals surface area contributed by atoms with Gasteiger partial charge in [0.25, 0.3) is 0 Å². The molecular formula is C16H12NO. The Morgan fingerprint density at radius 1 is 0.889 bits per heavy atom. The Bertz CT molecular complexity index is 664. The Morgan fingerprint density at radius 2 is 1.44 bits per heavy atom. The summed E-state index contributed by atoms with van der Waals surface area (Å²) in [6, 6.07) is 18.6. The van der Waals surface area contributed by atoms with Gasteiger partial charge in [-0.05, 0) is 33.2 Å². The van der Waals surface area contributed by atoms with Gasteiger partial charge >= 0.3 is 6.41 Å². The van der Waals surface area contributed by atoms with Crippen LogP contribution in [-0.4, -0.2) is 6.41 Å². The third-order valence-corrected chi connectivity index (χ3v) is 3.22. The summed E-state index contributed by atoms with van der Waals surface area (Å²) in [5.41, 5.74) is 1.15. The topological polar surface area (TPSA) is 29.1 Å². The number of hydrogen-bond donors (Lipinski definition) is 1. The van der Waals surface area contributed by atoms with E-state index < -0.39 is 0 Å². The first-order chi connectivity index (χ1) is 8.90. The molecule has 3 rings (SSSR count). The number of amides is 1. The second-order valence-electron chi connectivity index (χ2n) is 4.25. The summed E-state index contributed by atoms with van der Waals surface area (Å²) in [7, 11) is 0. The lowest BCUT2D eigenvalue weighted by Gasteiger charge is -2.10. The van der Waals surface area contributed by atoms with Gasteiger partial charge in [-0.1, -0.05) is 48.5 Å². The van der Waals surface area contributed by atoms with Crippen LogP contribution in [-0.2, 0) is 11.3 Å². The highest BCUT2D eigenvalue weighted by molar-refractivity contribution is 6.02. The second-order valence-corrected chi connectivity index (χ2v) is 4.25. The van der Waals surface area contributed by atoms with Crippen LogP contribution >= 0.6 is 0 Å². The van der Waals surface area contributed by atoms with Gasteiger partial charge in [-0.25, -0.2) is 0 Å². The van der Waals surface area contributed by atoms with Gasteiger partial charge in [0.1, 0.15) is 0 Å². The van der Waals surface area contributed by atoms with Crippen molar-refractivity contribution in [1.82, 2.24) is 5.32 Å². The van der Waals surface area contributed by atoms with Gasteiger partial charge in [-0.2, -0.15) is 0 Å². The molecule has 0 spiro atoms. The average molecular weight is 234 g/mol. The van der Waals surface area contributed by atoms with Gasteiger partial charge in [-0.3, -0.25) is 4.79 Å². The molecular weight excluding hydrogens is 222 g/mol. The fourth-order valence-corrected chi connectivity index (χ4v) is 2.42. The molecule has 1 radical (unpaired) electrons. The van der Waals surface area contributed by atoms with Crippen LogP contribution in [0.15, 0.2) is 54.6 Å². The monoisotopic (exact) mass is 234 g/mol. The zero-order valence-electron chi connectivity index (χ0n) is 9.81. The summed E-state index contributed by atoms with van der Waals surface area (Å²) in [5, 5.41) is 7.39. The van der Waals surface area contributed by atoms with Gasteiger partial charge < -0.3 is 5.32 Å². The van der Waals surface area contributed by atoms with Crippen LogP contribution in [0.5, 0.6) is 0 Å². The van der Waals surface area contributed by atoms with Crippen molar-refractivity contribution in [2.75, 3.05) is 0 Å². The smallest absolute Gasteiger partial charge is 0.309 e. The molecule has 0 unspecified atom stereocenters. The Hall–Kier alpha value is -2.35. The summed E-state index contributed by atoms with van der Waals surface area (Å²) in [5.74, 6) is 0. The molecule has 18 heavy (non-hydrogen) atoms. The molecule has 0 atom stereocenters. The molecule has 0 aromatic heterocycles. The van der Waals surface area contributed by atoms with E-state index in [0.717, 1.165) is 5.56 Å². The van der Waals surface area contributed by atoms with Gasteiger partial charge in [0.15, 0.2) is 0 Å². The fraction of sp³-hybridized carbons (Fsp3) is 0.0625. The first-order valence-corrected chi connectivity index (χ1v) is 5.89. The van der Waals surface area contributed by atoms with Crippen LogP contribution in [0.4, 0.5) is 0 Å². The zero-order valence-corrected chi connectivity index (χ0v) is 9.81. The van der Waals surface area contributed by atoms with E-state index in [2.05, 4.69) is 35.6 Å². The van der Waals surface area contributed by atoms with Crippen molar-refractivity contribution >= 4 is 28.0 Å². The molecule has 3 aromatic carbocycles. The molecule has 87 valence electrons. The largest absolute Gasteiger partial charge is 0.344 e. The average Bonchev–Trinajstić information content (AvgIpc) is 2.43. The van der Waals surface area contributed by atoms with E-state index in [0.29, 0.717) is 6.54 Å². The maximum Gasteiger partial charge on any atom is 0.309 e. The lowest BCUT2D eigenvalue weighted by Crippen LogP contribution is -2.10. The van der Waals surface area contributed by atoms with E-state index in [1.54, 1.807) is 6.41 Å². The van der Waals surface area contributed by atoms with Crippen LogP contribution in [0.25, 0.3) is 21.5 Å². The maximum absolute atomic E-state index is 10.4. The SMILES string of the molecule is O=[C]NCc1c2ccccc2cc2ccccc12. The fourth-order valence-electron chi connectivity index (χ4n) is 2.42. The third-order valence-electron chi connectivity index (χ3n) is 3.22. The second kappa shape index (κ2) is 4.49. The number of fused-ring (bicyclic) bond motifs is 2. The zero-order chi connectivity index (χ0) is 12.4. The highest BCUT2D eigenvalue weighted by Gasteiger charge is 2.06. The number of carbonyl (C=O) groups excluding carboxylic acids is 1. The summed E-state index contributed by atoms with van der Waals surface area (Å²) in [6.07, 6.45) is 1.75. The first-order valence-electron chi connectivity index (χ1n) is 5.89. The Kier molecular flexibility index (Phi) is 2.69. The molecule has 1 N–H and O–H groups in total. The lowest BCUT2D eigenvalue weighted by molar-refractivity contribution is 0.542. The van der Waals surface area contributed by atoms with E-state index in [4.69, 9.17) is 0 Å². The standard InChI is InChI=1S/C16H12NO/c18-11-17-10-16-14-7-3-1-5-12(14)9-13-6-2-4-8-15(13)16/h1-9H,10H2,(H,17,18). The number of rotatable bonds is 3. The molecule has 0 saturated carbocycles. The van der Waals surface area contributed by atoms with Gasteiger partial charge in [0, 0.05) is 6.54 Å². The molecule has 3 aromatic rings. The van der Waals surface area contributed by atoms with Crippen LogP contribution in [0, 0.1) is 0 Å². The highest BCUT2D eigenvalue weighted by atomic mass is 16.1. The van der Waals surface area contributed by atoms with Crippen LogP contribution in [0.3, 0.4) is 0 Å². The van der Waals surface area contributed by atoms with E-state index in [1.807, 2.05) is 24.3 Å². The normalized spacial score (nSPS) is 10.7. The quantitative estimate of drug-likeness (QED) is 0.547. The van der Waals surface area contributed by atoms with Crippen molar-refractivity contribution in [2.45, 2.75) is 6.54 Å². The van der Waals surface area contributed by atoms with Gasteiger partial charge in [-0.15, -0.1) is 0 Å². The molecule has 0 fully saturated rings. The van der Waals surface area contributed by atoms with Crippen LogP contribution < -0.4 is 5.32 Å². The van der Waals surface area contributed by atoms with Gasteiger partial charge in [0.2, 0.25) is 0 Å². The number of nitrogens with one attached hydrogen (secondary N) is 1. The van der Waals surface area contributed by atoms with Crippen LogP contribution in [0.2, 0.25) is 0 Å². The van der Waals surface area contributed by atoms with E-state index in [1.165, 1.54) is 21.5 Å². The molecule has 2 heteroatoms. The van der Waals surface area contributed by atoms with Crippen molar-refractivity contribution in [3.05, 3.63) is 60.2 Å². The van der Waals surface area contributed by atoms with E-state index in [9.17, 15) is 4.79 Å². The van der Waals surface area contributed by atoms with Gasteiger partial charge in [0.05, 0.1) is 0 Å². The van der Waals surface area contributed by atoms with Crippen molar-refractivity contribution in [3.8, 4) is 0 Å². The minimum absolute atomic E-state index is 0.505. The molecule has 0 bridgehead atoms. The van der Waals surface area contributed by atoms with E-state index >= 15 is 0 Å². The van der Waals surface area contributed by atoms with Crippen LogP contribution in [0.1, 0.15) is 5.56 Å². The minimum atomic E-state index is 0.505. The summed E-state index contributed by atoms with van der Waals surface area (Å²) in [4.78, 5) is 10.4. The molecule has 0 heterocycles. The predicted molar refractivity (Wildman–Crippen MR) is 74.0 cm³/mol. The van der Waals surface area contributed by atoms with Crippen molar-refractivity contribution in [3.63, 3.8) is 0 Å². The minimum Gasteiger partial charge on any atom is -0.344 e. The molecule has 1 amide bonds. The molecule has 2 nitrogen and oxygen atoms in total. The number of benzene rings is 3. The lowest BCUT2D eigenvalue weighted by atomic mass is 9.97. The molecule has 0 aliphatic heterocycles. The molecule has 0 aliphatic rings. The van der Waals surface area contributed by atoms with Crippen molar-refractivity contribution in [2.24, 2.45) is 0 Å². The summed E-state index contributed by atoms with van der Waals surface area (Å²) >= 11 is 0. The van der Waals surface area contributed by atoms with E-state index in [-0.39, 0.29) is 0 Å². The van der Waals surface area contributed by atoms with Crippen molar-refractivity contribution in [1.29, 1.82) is 0 Å². The predicted octanol–water partition coefficient (Wildman–Crippen LogP) is 3.15. The third kappa shape index (κ3) is 1.72. The van der Waals surface area contributed by atoms with Crippen molar-refractivity contribution < 1.29 is 4.79 Å². The Balaban J connectivity index is 2.37. The highest BCUT2D eigenvalue weighted by Crippen LogP contribution is 2.28. The molecule has 0 saturated heterocycles. The Labute approximate surface area is 105 Å². The molecule has 0 aliphatic carbocycles.